The molecule has 1 N–H and O–H groups in total. The van der Waals surface area contributed by atoms with Crippen LogP contribution in [-0.2, 0) is 14.9 Å². The number of para-hydroxylation sites is 1. The summed E-state index contributed by atoms with van der Waals surface area (Å²) in [4.78, 5) is 12.6. The van der Waals surface area contributed by atoms with Gasteiger partial charge in [0.05, 0.1) is 5.02 Å². The van der Waals surface area contributed by atoms with Crippen LogP contribution in [0.5, 0.6) is 5.75 Å². The average molecular weight is 374 g/mol. The average Bonchev–Trinajstić information content (AvgIpc) is 2.69. The van der Waals surface area contributed by atoms with E-state index in [9.17, 15) is 4.79 Å². The van der Waals surface area contributed by atoms with E-state index in [1.807, 2.05) is 30.3 Å². The third-order valence-corrected chi connectivity index (χ3v) is 5.26. The van der Waals surface area contributed by atoms with Gasteiger partial charge in [-0.1, -0.05) is 54.1 Å². The second-order valence-electron chi connectivity index (χ2n) is 6.67. The molecule has 5 heteroatoms. The molecule has 0 saturated carbocycles. The normalized spacial score (nSPS) is 17.3. The maximum absolute atomic E-state index is 12.6. The SMILES string of the molecule is C[C@@H](Oc1ccccc1Cl)C(=O)NCC1(c2ccccc2)CCOCC1. The van der Waals surface area contributed by atoms with Crippen LogP contribution in [0.1, 0.15) is 25.3 Å². The highest BCUT2D eigenvalue weighted by atomic mass is 35.5. The van der Waals surface area contributed by atoms with Gasteiger partial charge in [-0.15, -0.1) is 0 Å². The van der Waals surface area contributed by atoms with Crippen molar-refractivity contribution in [2.75, 3.05) is 19.8 Å². The Hall–Kier alpha value is -2.04. The molecule has 1 aliphatic rings. The van der Waals surface area contributed by atoms with Gasteiger partial charge in [0.1, 0.15) is 5.75 Å². The molecule has 2 aromatic carbocycles. The molecule has 26 heavy (non-hydrogen) atoms. The fraction of sp³-hybridized carbons (Fsp3) is 0.381. The van der Waals surface area contributed by atoms with E-state index >= 15 is 0 Å². The van der Waals surface area contributed by atoms with Crippen molar-refractivity contribution in [2.45, 2.75) is 31.3 Å². The monoisotopic (exact) mass is 373 g/mol. The first kappa shape index (κ1) is 18.7. The van der Waals surface area contributed by atoms with Gasteiger partial charge in [-0.2, -0.15) is 0 Å². The van der Waals surface area contributed by atoms with Gasteiger partial charge in [-0.3, -0.25) is 4.79 Å². The predicted molar refractivity (Wildman–Crippen MR) is 103 cm³/mol. The van der Waals surface area contributed by atoms with Gasteiger partial charge in [0.25, 0.3) is 5.91 Å². The van der Waals surface area contributed by atoms with E-state index in [4.69, 9.17) is 21.1 Å². The van der Waals surface area contributed by atoms with Crippen molar-refractivity contribution in [1.29, 1.82) is 0 Å². The Labute approximate surface area is 159 Å². The molecule has 1 atom stereocenters. The lowest BCUT2D eigenvalue weighted by atomic mass is 9.74. The minimum atomic E-state index is -0.623. The molecule has 0 radical (unpaired) electrons. The molecule has 1 saturated heterocycles. The number of carbonyl (C=O) groups is 1. The van der Waals surface area contributed by atoms with Gasteiger partial charge < -0.3 is 14.8 Å². The fourth-order valence-corrected chi connectivity index (χ4v) is 3.49. The summed E-state index contributed by atoms with van der Waals surface area (Å²) in [6.45, 7) is 3.71. The number of ether oxygens (including phenoxy) is 2. The Kier molecular flexibility index (Phi) is 6.17. The zero-order valence-electron chi connectivity index (χ0n) is 14.9. The number of halogens is 1. The molecule has 1 heterocycles. The Balaban J connectivity index is 1.65. The van der Waals surface area contributed by atoms with Crippen LogP contribution in [0.15, 0.2) is 54.6 Å². The van der Waals surface area contributed by atoms with E-state index < -0.39 is 6.10 Å². The summed E-state index contributed by atoms with van der Waals surface area (Å²) in [5.74, 6) is 0.368. The minimum Gasteiger partial charge on any atom is -0.479 e. The number of amides is 1. The van der Waals surface area contributed by atoms with Crippen LogP contribution < -0.4 is 10.1 Å². The number of rotatable bonds is 6. The first-order chi connectivity index (χ1) is 12.6. The molecule has 0 spiro atoms. The highest BCUT2D eigenvalue weighted by Crippen LogP contribution is 2.34. The lowest BCUT2D eigenvalue weighted by Gasteiger charge is -2.38. The Morgan fingerprint density at radius 3 is 2.50 bits per heavy atom. The lowest BCUT2D eigenvalue weighted by molar-refractivity contribution is -0.127. The molecule has 138 valence electrons. The molecule has 0 aromatic heterocycles. The Morgan fingerprint density at radius 2 is 1.81 bits per heavy atom. The van der Waals surface area contributed by atoms with Gasteiger partial charge in [-0.25, -0.2) is 0 Å². The molecule has 3 rings (SSSR count). The van der Waals surface area contributed by atoms with Crippen molar-refractivity contribution < 1.29 is 14.3 Å². The third kappa shape index (κ3) is 4.37. The maximum atomic E-state index is 12.6. The molecular formula is C21H24ClNO3. The summed E-state index contributed by atoms with van der Waals surface area (Å²) in [6.07, 6.45) is 1.15. The van der Waals surface area contributed by atoms with Crippen LogP contribution >= 0.6 is 11.6 Å². The molecule has 1 aliphatic heterocycles. The summed E-state index contributed by atoms with van der Waals surface area (Å²) < 4.78 is 11.3. The quantitative estimate of drug-likeness (QED) is 0.833. The summed E-state index contributed by atoms with van der Waals surface area (Å²) in [6, 6.07) is 17.5. The molecule has 4 nitrogen and oxygen atoms in total. The first-order valence-electron chi connectivity index (χ1n) is 8.93. The Bertz CT molecular complexity index is 729. The molecule has 1 fully saturated rings. The number of carbonyl (C=O) groups excluding carboxylic acids is 1. The van der Waals surface area contributed by atoms with E-state index in [0.717, 1.165) is 12.8 Å². The number of benzene rings is 2. The topological polar surface area (TPSA) is 47.6 Å². The smallest absolute Gasteiger partial charge is 0.260 e. The lowest BCUT2D eigenvalue weighted by Crippen LogP contribution is -2.47. The molecule has 0 unspecified atom stereocenters. The van der Waals surface area contributed by atoms with Gasteiger partial charge in [0.2, 0.25) is 0 Å². The summed E-state index contributed by atoms with van der Waals surface area (Å²) in [5, 5.41) is 3.57. The maximum Gasteiger partial charge on any atom is 0.260 e. The minimum absolute atomic E-state index is 0.0979. The van der Waals surface area contributed by atoms with Crippen LogP contribution in [0.4, 0.5) is 0 Å². The van der Waals surface area contributed by atoms with Crippen molar-refractivity contribution in [3.05, 3.63) is 65.2 Å². The van der Waals surface area contributed by atoms with Crippen LogP contribution in [0.2, 0.25) is 5.02 Å². The van der Waals surface area contributed by atoms with Crippen LogP contribution in [0, 0.1) is 0 Å². The van der Waals surface area contributed by atoms with Crippen molar-refractivity contribution in [3.8, 4) is 5.75 Å². The predicted octanol–water partition coefficient (Wildman–Crippen LogP) is 3.97. The second-order valence-corrected chi connectivity index (χ2v) is 7.07. The van der Waals surface area contributed by atoms with Crippen molar-refractivity contribution in [3.63, 3.8) is 0 Å². The second kappa shape index (κ2) is 8.56. The molecule has 0 bridgehead atoms. The van der Waals surface area contributed by atoms with Gasteiger partial charge >= 0.3 is 0 Å². The van der Waals surface area contributed by atoms with E-state index in [1.165, 1.54) is 5.56 Å². The largest absolute Gasteiger partial charge is 0.479 e. The number of nitrogens with one attached hydrogen (secondary N) is 1. The van der Waals surface area contributed by atoms with E-state index in [0.29, 0.717) is 30.5 Å². The standard InChI is InChI=1S/C21H24ClNO3/c1-16(26-19-10-6-5-9-18(19)22)20(24)23-15-21(11-13-25-14-12-21)17-7-3-2-4-8-17/h2-10,16H,11-15H2,1H3,(H,23,24)/t16-/m1/s1. The summed E-state index contributed by atoms with van der Waals surface area (Å²) >= 11 is 6.10. The van der Waals surface area contributed by atoms with E-state index in [2.05, 4.69) is 17.4 Å². The first-order valence-corrected chi connectivity index (χ1v) is 9.31. The van der Waals surface area contributed by atoms with Gasteiger partial charge in [0.15, 0.2) is 6.10 Å². The van der Waals surface area contributed by atoms with Gasteiger partial charge in [-0.05, 0) is 37.5 Å². The zero-order valence-corrected chi connectivity index (χ0v) is 15.7. The molecule has 2 aromatic rings. The summed E-state index contributed by atoms with van der Waals surface area (Å²) in [5.41, 5.74) is 1.14. The zero-order chi connectivity index (χ0) is 18.4. The third-order valence-electron chi connectivity index (χ3n) is 4.95. The summed E-state index contributed by atoms with van der Waals surface area (Å²) in [7, 11) is 0. The molecule has 1 amide bonds. The van der Waals surface area contributed by atoms with E-state index in [1.54, 1.807) is 19.1 Å². The highest BCUT2D eigenvalue weighted by molar-refractivity contribution is 6.32. The molecule has 0 aliphatic carbocycles. The number of hydrogen-bond acceptors (Lipinski definition) is 3. The van der Waals surface area contributed by atoms with Crippen molar-refractivity contribution in [1.82, 2.24) is 5.32 Å². The van der Waals surface area contributed by atoms with Crippen molar-refractivity contribution in [2.24, 2.45) is 0 Å². The van der Waals surface area contributed by atoms with Crippen LogP contribution in [0.25, 0.3) is 0 Å². The number of hydrogen-bond donors (Lipinski definition) is 1. The fourth-order valence-electron chi connectivity index (χ4n) is 3.31. The Morgan fingerprint density at radius 1 is 1.15 bits per heavy atom. The van der Waals surface area contributed by atoms with Crippen LogP contribution in [0.3, 0.4) is 0 Å². The van der Waals surface area contributed by atoms with Crippen LogP contribution in [-0.4, -0.2) is 31.8 Å². The highest BCUT2D eigenvalue weighted by Gasteiger charge is 2.35. The van der Waals surface area contributed by atoms with Gasteiger partial charge in [0, 0.05) is 25.2 Å². The molecular weight excluding hydrogens is 350 g/mol. The van der Waals surface area contributed by atoms with E-state index in [-0.39, 0.29) is 11.3 Å². The van der Waals surface area contributed by atoms with Crippen molar-refractivity contribution >= 4 is 17.5 Å².